The maximum atomic E-state index is 11.7. The average Bonchev–Trinajstić information content (AvgIpc) is 2.98. The van der Waals surface area contributed by atoms with E-state index in [9.17, 15) is 4.79 Å². The molecule has 1 amide bonds. The number of rotatable bonds is 7. The zero-order chi connectivity index (χ0) is 13.3. The van der Waals surface area contributed by atoms with Crippen LogP contribution in [0.25, 0.3) is 0 Å². The molecule has 1 unspecified atom stereocenters. The third-order valence-electron chi connectivity index (χ3n) is 4.28. The molecule has 5 heteroatoms. The Kier molecular flexibility index (Phi) is 9.23. The number of halogens is 1. The van der Waals surface area contributed by atoms with Crippen molar-refractivity contribution in [2.24, 2.45) is 0 Å². The summed E-state index contributed by atoms with van der Waals surface area (Å²) in [7, 11) is 0. The molecule has 0 saturated carbocycles. The number of amides is 1. The Morgan fingerprint density at radius 2 is 1.90 bits per heavy atom. The first-order valence-electron chi connectivity index (χ1n) is 8.10. The van der Waals surface area contributed by atoms with Gasteiger partial charge < -0.3 is 15.5 Å². The van der Waals surface area contributed by atoms with Gasteiger partial charge in [0, 0.05) is 6.54 Å². The molecule has 20 heavy (non-hydrogen) atoms. The van der Waals surface area contributed by atoms with Crippen molar-refractivity contribution in [2.45, 2.75) is 57.4 Å². The van der Waals surface area contributed by atoms with E-state index < -0.39 is 0 Å². The number of hydrogen-bond donors (Lipinski definition) is 2. The highest BCUT2D eigenvalue weighted by atomic mass is 35.5. The van der Waals surface area contributed by atoms with E-state index in [-0.39, 0.29) is 24.4 Å². The second-order valence-corrected chi connectivity index (χ2v) is 5.90. The van der Waals surface area contributed by atoms with Gasteiger partial charge in [0.2, 0.25) is 5.91 Å². The highest BCUT2D eigenvalue weighted by Crippen LogP contribution is 2.10. The molecular formula is C15H30ClN3O. The van der Waals surface area contributed by atoms with Crippen LogP contribution in [0.4, 0.5) is 0 Å². The van der Waals surface area contributed by atoms with Gasteiger partial charge in [-0.1, -0.05) is 12.8 Å². The number of carbonyl (C=O) groups excluding carboxylic acids is 1. The molecule has 2 N–H and O–H groups in total. The van der Waals surface area contributed by atoms with Crippen LogP contribution < -0.4 is 10.6 Å². The monoisotopic (exact) mass is 303 g/mol. The number of carbonyl (C=O) groups is 1. The molecule has 0 aromatic carbocycles. The predicted octanol–water partition coefficient (Wildman–Crippen LogP) is 1.93. The van der Waals surface area contributed by atoms with E-state index in [2.05, 4.69) is 15.5 Å². The summed E-state index contributed by atoms with van der Waals surface area (Å²) in [4.78, 5) is 14.3. The molecule has 1 atom stereocenters. The Morgan fingerprint density at radius 1 is 1.10 bits per heavy atom. The second kappa shape index (κ2) is 10.4. The Labute approximate surface area is 129 Å². The van der Waals surface area contributed by atoms with Crippen molar-refractivity contribution in [2.75, 3.05) is 32.7 Å². The molecule has 0 aliphatic carbocycles. The summed E-state index contributed by atoms with van der Waals surface area (Å²) >= 11 is 0. The van der Waals surface area contributed by atoms with E-state index in [0.29, 0.717) is 0 Å². The van der Waals surface area contributed by atoms with Crippen LogP contribution in [0.15, 0.2) is 0 Å². The summed E-state index contributed by atoms with van der Waals surface area (Å²) in [6.07, 6.45) is 9.93. The summed E-state index contributed by atoms with van der Waals surface area (Å²) in [5, 5.41) is 6.28. The van der Waals surface area contributed by atoms with Gasteiger partial charge in [-0.15, -0.1) is 12.4 Å². The topological polar surface area (TPSA) is 44.4 Å². The van der Waals surface area contributed by atoms with Gasteiger partial charge in [0.05, 0.1) is 6.04 Å². The lowest BCUT2D eigenvalue weighted by Gasteiger charge is -2.26. The molecule has 2 saturated heterocycles. The van der Waals surface area contributed by atoms with Crippen LogP contribution in [0.5, 0.6) is 0 Å². The van der Waals surface area contributed by atoms with Crippen LogP contribution in [0.2, 0.25) is 0 Å². The number of unbranched alkanes of at least 4 members (excludes halogenated alkanes) is 2. The number of nitrogens with one attached hydrogen (secondary N) is 2. The van der Waals surface area contributed by atoms with Crippen LogP contribution in [-0.4, -0.2) is 49.6 Å². The standard InChI is InChI=1S/C15H29N3O.ClH/c19-15(14-8-7-10-16-14)17-9-3-1-4-11-18-12-5-2-6-13-18;/h14,16H,1-13H2,(H,17,19);1H. The first-order valence-corrected chi connectivity index (χ1v) is 8.10. The summed E-state index contributed by atoms with van der Waals surface area (Å²) in [6, 6.07) is 0.0772. The van der Waals surface area contributed by atoms with E-state index in [1.165, 1.54) is 51.7 Å². The maximum Gasteiger partial charge on any atom is 0.237 e. The third kappa shape index (κ3) is 6.42. The van der Waals surface area contributed by atoms with Gasteiger partial charge in [-0.3, -0.25) is 4.79 Å². The molecule has 2 aliphatic heterocycles. The summed E-state index contributed by atoms with van der Waals surface area (Å²) in [5.41, 5.74) is 0. The largest absolute Gasteiger partial charge is 0.355 e. The Bertz CT molecular complexity index is 264. The first kappa shape index (κ1) is 17.7. The van der Waals surface area contributed by atoms with Crippen molar-refractivity contribution >= 4 is 18.3 Å². The van der Waals surface area contributed by atoms with Crippen molar-refractivity contribution in [3.05, 3.63) is 0 Å². The Morgan fingerprint density at radius 3 is 2.60 bits per heavy atom. The van der Waals surface area contributed by atoms with E-state index >= 15 is 0 Å². The zero-order valence-corrected chi connectivity index (χ0v) is 13.3. The molecule has 2 aliphatic rings. The van der Waals surface area contributed by atoms with Crippen molar-refractivity contribution < 1.29 is 4.79 Å². The molecule has 2 fully saturated rings. The summed E-state index contributed by atoms with van der Waals surface area (Å²) in [6.45, 7) is 5.68. The minimum atomic E-state index is 0. The van der Waals surface area contributed by atoms with Crippen molar-refractivity contribution in [3.8, 4) is 0 Å². The van der Waals surface area contributed by atoms with E-state index in [4.69, 9.17) is 0 Å². The van der Waals surface area contributed by atoms with Crippen LogP contribution >= 0.6 is 12.4 Å². The van der Waals surface area contributed by atoms with Gasteiger partial charge in [-0.05, 0) is 64.7 Å². The normalized spacial score (nSPS) is 23.3. The smallest absolute Gasteiger partial charge is 0.237 e. The van der Waals surface area contributed by atoms with E-state index in [1.54, 1.807) is 0 Å². The van der Waals surface area contributed by atoms with Crippen molar-refractivity contribution in [3.63, 3.8) is 0 Å². The van der Waals surface area contributed by atoms with Gasteiger partial charge >= 0.3 is 0 Å². The third-order valence-corrected chi connectivity index (χ3v) is 4.28. The number of nitrogens with zero attached hydrogens (tertiary/aromatic N) is 1. The Balaban J connectivity index is 0.00000200. The molecule has 2 heterocycles. The van der Waals surface area contributed by atoms with Crippen LogP contribution in [0.3, 0.4) is 0 Å². The molecular weight excluding hydrogens is 274 g/mol. The van der Waals surface area contributed by atoms with Crippen molar-refractivity contribution in [1.82, 2.24) is 15.5 Å². The minimum absolute atomic E-state index is 0. The lowest BCUT2D eigenvalue weighted by Crippen LogP contribution is -2.40. The van der Waals surface area contributed by atoms with Gasteiger partial charge in [-0.25, -0.2) is 0 Å². The predicted molar refractivity (Wildman–Crippen MR) is 85.4 cm³/mol. The number of piperidine rings is 1. The number of hydrogen-bond acceptors (Lipinski definition) is 3. The fourth-order valence-corrected chi connectivity index (χ4v) is 3.06. The quantitative estimate of drug-likeness (QED) is 0.707. The minimum Gasteiger partial charge on any atom is -0.355 e. The molecule has 0 spiro atoms. The summed E-state index contributed by atoms with van der Waals surface area (Å²) < 4.78 is 0. The molecule has 0 aromatic heterocycles. The van der Waals surface area contributed by atoms with Gasteiger partial charge in [0.25, 0.3) is 0 Å². The van der Waals surface area contributed by atoms with Crippen LogP contribution in [-0.2, 0) is 4.79 Å². The first-order chi connectivity index (χ1) is 9.36. The van der Waals surface area contributed by atoms with Crippen molar-refractivity contribution in [1.29, 1.82) is 0 Å². The summed E-state index contributed by atoms with van der Waals surface area (Å²) in [5.74, 6) is 0.202. The molecule has 4 nitrogen and oxygen atoms in total. The lowest BCUT2D eigenvalue weighted by molar-refractivity contribution is -0.122. The molecule has 0 aromatic rings. The maximum absolute atomic E-state index is 11.7. The molecule has 2 rings (SSSR count). The molecule has 0 radical (unpaired) electrons. The second-order valence-electron chi connectivity index (χ2n) is 5.90. The zero-order valence-electron chi connectivity index (χ0n) is 12.5. The SMILES string of the molecule is Cl.O=C(NCCCCCN1CCCCC1)C1CCCN1. The fourth-order valence-electron chi connectivity index (χ4n) is 3.06. The average molecular weight is 304 g/mol. The van der Waals surface area contributed by atoms with Crippen LogP contribution in [0.1, 0.15) is 51.4 Å². The van der Waals surface area contributed by atoms with E-state index in [0.717, 1.165) is 32.4 Å². The Hall–Kier alpha value is -0.320. The highest BCUT2D eigenvalue weighted by molar-refractivity contribution is 5.85. The lowest BCUT2D eigenvalue weighted by atomic mass is 10.1. The molecule has 0 bridgehead atoms. The van der Waals surface area contributed by atoms with Gasteiger partial charge in [-0.2, -0.15) is 0 Å². The van der Waals surface area contributed by atoms with E-state index in [1.807, 2.05) is 0 Å². The molecule has 118 valence electrons. The fraction of sp³-hybridized carbons (Fsp3) is 0.933. The van der Waals surface area contributed by atoms with Gasteiger partial charge in [0.15, 0.2) is 0 Å². The van der Waals surface area contributed by atoms with Crippen LogP contribution in [0, 0.1) is 0 Å². The number of likely N-dealkylation sites (tertiary alicyclic amines) is 1. The van der Waals surface area contributed by atoms with Gasteiger partial charge in [0.1, 0.15) is 0 Å². The highest BCUT2D eigenvalue weighted by Gasteiger charge is 2.20.